The largest absolute Gasteiger partial charge is 0.461 e. The Kier molecular flexibility index (Phi) is 7.12. The normalized spacial score (nSPS) is 16.6. The maximum atomic E-state index is 6.07. The Hall–Kier alpha value is -3.27. The first-order valence-corrected chi connectivity index (χ1v) is 10.1. The van der Waals surface area contributed by atoms with Crippen LogP contribution in [0.15, 0.2) is 41.7 Å². The summed E-state index contributed by atoms with van der Waals surface area (Å²) in [5.74, 6) is 1.91. The smallest absolute Gasteiger partial charge is 0.298 e. The van der Waals surface area contributed by atoms with Crippen molar-refractivity contribution in [3.05, 3.63) is 42.3 Å². The van der Waals surface area contributed by atoms with E-state index in [0.717, 1.165) is 37.1 Å². The fraction of sp³-hybridized carbons (Fsp3) is 0.450. The van der Waals surface area contributed by atoms with E-state index in [1.165, 1.54) is 6.20 Å². The number of nitrogens with zero attached hydrogens (tertiary/aromatic N) is 5. The van der Waals surface area contributed by atoms with Gasteiger partial charge in [-0.2, -0.15) is 10.1 Å². The standard InChI is InChI=1S/C20H31N9O/c1-5-17(26-19(22-2)16(10-21)14-11-24-29(4)12-14)25-18-13-28(3)20(27-18)30-15-6-8-23-9-7-15/h5,10-13,15,23,25H,6-9,21H2,1-4H3,(H,22,26)/b16-10-,17-5-. The molecule has 0 aliphatic carbocycles. The Balaban J connectivity index is 1.75. The number of aromatic nitrogens is 4. The highest BCUT2D eigenvalue weighted by atomic mass is 16.5. The van der Waals surface area contributed by atoms with E-state index in [2.05, 4.69) is 26.0 Å². The Morgan fingerprint density at radius 3 is 2.70 bits per heavy atom. The SMILES string of the molecule is C\C=C(/N=C(NC)\C(=C/N)c1cnn(C)c1)Nc1cn(C)c(OC2CCNCC2)n1. The zero-order valence-electron chi connectivity index (χ0n) is 18.0. The first-order valence-electron chi connectivity index (χ1n) is 10.1. The van der Waals surface area contributed by atoms with Crippen LogP contribution in [0.4, 0.5) is 5.82 Å². The molecule has 0 amide bonds. The van der Waals surface area contributed by atoms with Gasteiger partial charge in [-0.15, -0.1) is 0 Å². The number of ether oxygens (including phenoxy) is 1. The van der Waals surface area contributed by atoms with E-state index in [9.17, 15) is 0 Å². The van der Waals surface area contributed by atoms with Crippen molar-refractivity contribution in [2.75, 3.05) is 25.5 Å². The Morgan fingerprint density at radius 2 is 2.10 bits per heavy atom. The summed E-state index contributed by atoms with van der Waals surface area (Å²) in [6, 6.07) is 0.593. The number of nitrogens with one attached hydrogen (secondary N) is 3. The van der Waals surface area contributed by atoms with Crippen molar-refractivity contribution in [2.24, 2.45) is 24.8 Å². The maximum Gasteiger partial charge on any atom is 0.298 e. The van der Waals surface area contributed by atoms with Gasteiger partial charge in [0.15, 0.2) is 5.82 Å². The molecule has 162 valence electrons. The minimum Gasteiger partial charge on any atom is -0.461 e. The van der Waals surface area contributed by atoms with Crippen LogP contribution < -0.4 is 26.4 Å². The van der Waals surface area contributed by atoms with Crippen molar-refractivity contribution in [3.63, 3.8) is 0 Å². The molecular weight excluding hydrogens is 382 g/mol. The average Bonchev–Trinajstić information content (AvgIpc) is 3.33. The van der Waals surface area contributed by atoms with Crippen LogP contribution in [-0.4, -0.2) is 51.4 Å². The maximum absolute atomic E-state index is 6.07. The molecule has 1 saturated heterocycles. The molecule has 2 aromatic heterocycles. The third-order valence-electron chi connectivity index (χ3n) is 4.83. The van der Waals surface area contributed by atoms with Gasteiger partial charge in [0.05, 0.1) is 12.4 Å². The highest BCUT2D eigenvalue weighted by molar-refractivity contribution is 6.22. The fourth-order valence-corrected chi connectivity index (χ4v) is 3.22. The Labute approximate surface area is 176 Å². The fourth-order valence-electron chi connectivity index (χ4n) is 3.22. The molecule has 1 aliphatic rings. The highest BCUT2D eigenvalue weighted by Gasteiger charge is 2.18. The van der Waals surface area contributed by atoms with Crippen molar-refractivity contribution in [2.45, 2.75) is 25.9 Å². The second-order valence-electron chi connectivity index (χ2n) is 7.08. The molecule has 10 nitrogen and oxygen atoms in total. The lowest BCUT2D eigenvalue weighted by atomic mass is 10.1. The summed E-state index contributed by atoms with van der Waals surface area (Å²) in [4.78, 5) is 9.27. The second kappa shape index (κ2) is 9.97. The van der Waals surface area contributed by atoms with Crippen LogP contribution in [-0.2, 0) is 14.1 Å². The minimum atomic E-state index is 0.187. The number of aliphatic imine (C=N–C) groups is 1. The molecule has 0 spiro atoms. The van der Waals surface area contributed by atoms with Crippen LogP contribution in [0.25, 0.3) is 5.57 Å². The predicted molar refractivity (Wildman–Crippen MR) is 119 cm³/mol. The minimum absolute atomic E-state index is 0.187. The summed E-state index contributed by atoms with van der Waals surface area (Å²) in [5, 5.41) is 13.9. The van der Waals surface area contributed by atoms with Crippen LogP contribution in [0, 0.1) is 0 Å². The number of allylic oxidation sites excluding steroid dienone is 1. The number of rotatable bonds is 7. The van der Waals surface area contributed by atoms with E-state index >= 15 is 0 Å². The van der Waals surface area contributed by atoms with Crippen molar-refractivity contribution >= 4 is 17.2 Å². The van der Waals surface area contributed by atoms with Crippen molar-refractivity contribution in [1.82, 2.24) is 30.0 Å². The van der Waals surface area contributed by atoms with Gasteiger partial charge in [0, 0.05) is 44.7 Å². The van der Waals surface area contributed by atoms with E-state index in [4.69, 9.17) is 15.5 Å². The highest BCUT2D eigenvalue weighted by Crippen LogP contribution is 2.20. The summed E-state index contributed by atoms with van der Waals surface area (Å²) in [6.07, 6.45) is 11.1. The molecule has 10 heteroatoms. The monoisotopic (exact) mass is 413 g/mol. The Morgan fingerprint density at radius 1 is 1.33 bits per heavy atom. The topological polar surface area (TPSA) is 119 Å². The summed E-state index contributed by atoms with van der Waals surface area (Å²) in [6.45, 7) is 3.85. The molecule has 30 heavy (non-hydrogen) atoms. The number of aryl methyl sites for hydroxylation is 2. The number of likely N-dealkylation sites (N-methyl/N-ethyl adjacent to an activating group) is 1. The van der Waals surface area contributed by atoms with E-state index in [-0.39, 0.29) is 6.10 Å². The number of hydrogen-bond acceptors (Lipinski definition) is 7. The first kappa shape index (κ1) is 21.4. The molecule has 0 aromatic carbocycles. The van der Waals surface area contributed by atoms with Gasteiger partial charge in [0.2, 0.25) is 0 Å². The molecule has 0 bridgehead atoms. The summed E-state index contributed by atoms with van der Waals surface area (Å²) >= 11 is 0. The molecule has 0 unspecified atom stereocenters. The van der Waals surface area contributed by atoms with Crippen LogP contribution in [0.3, 0.4) is 0 Å². The lowest BCUT2D eigenvalue weighted by molar-refractivity contribution is 0.144. The van der Waals surface area contributed by atoms with Gasteiger partial charge in [0.25, 0.3) is 6.01 Å². The van der Waals surface area contributed by atoms with Gasteiger partial charge in [-0.05, 0) is 38.9 Å². The van der Waals surface area contributed by atoms with E-state index in [1.807, 2.05) is 44.1 Å². The number of amidine groups is 1. The number of imidazole rings is 1. The van der Waals surface area contributed by atoms with Gasteiger partial charge in [0.1, 0.15) is 17.8 Å². The number of nitrogens with two attached hydrogens (primary N) is 1. The van der Waals surface area contributed by atoms with Crippen molar-refractivity contribution in [3.8, 4) is 6.01 Å². The van der Waals surface area contributed by atoms with Gasteiger partial charge in [-0.25, -0.2) is 4.99 Å². The van der Waals surface area contributed by atoms with E-state index in [1.54, 1.807) is 17.9 Å². The molecule has 2 aromatic rings. The van der Waals surface area contributed by atoms with Crippen LogP contribution in [0.2, 0.25) is 0 Å². The molecule has 5 N–H and O–H groups in total. The third-order valence-corrected chi connectivity index (χ3v) is 4.83. The van der Waals surface area contributed by atoms with E-state index in [0.29, 0.717) is 23.5 Å². The zero-order valence-corrected chi connectivity index (χ0v) is 18.0. The van der Waals surface area contributed by atoms with Gasteiger partial charge < -0.3 is 31.0 Å². The van der Waals surface area contributed by atoms with Crippen molar-refractivity contribution < 1.29 is 4.74 Å². The second-order valence-corrected chi connectivity index (χ2v) is 7.08. The molecule has 0 saturated carbocycles. The van der Waals surface area contributed by atoms with Crippen molar-refractivity contribution in [1.29, 1.82) is 0 Å². The first-order chi connectivity index (χ1) is 14.5. The van der Waals surface area contributed by atoms with Gasteiger partial charge in [-0.3, -0.25) is 4.68 Å². The van der Waals surface area contributed by atoms with Crippen LogP contribution in [0.1, 0.15) is 25.3 Å². The summed E-state index contributed by atoms with van der Waals surface area (Å²) in [7, 11) is 5.58. The molecular formula is C20H31N9O. The van der Waals surface area contributed by atoms with Gasteiger partial charge in [-0.1, -0.05) is 0 Å². The van der Waals surface area contributed by atoms with Crippen LogP contribution in [0.5, 0.6) is 6.01 Å². The molecule has 3 rings (SSSR count). The molecule has 1 aliphatic heterocycles. The molecule has 3 heterocycles. The molecule has 0 radical (unpaired) electrons. The Bertz CT molecular complexity index is 932. The average molecular weight is 414 g/mol. The van der Waals surface area contributed by atoms with Gasteiger partial charge >= 0.3 is 0 Å². The predicted octanol–water partition coefficient (Wildman–Crippen LogP) is 1.18. The van der Waals surface area contributed by atoms with Crippen LogP contribution >= 0.6 is 0 Å². The third kappa shape index (κ3) is 5.20. The molecule has 0 atom stereocenters. The summed E-state index contributed by atoms with van der Waals surface area (Å²) in [5.41, 5.74) is 7.50. The summed E-state index contributed by atoms with van der Waals surface area (Å²) < 4.78 is 9.67. The number of anilines is 1. The van der Waals surface area contributed by atoms with E-state index < -0.39 is 0 Å². The quantitative estimate of drug-likeness (QED) is 0.397. The lowest BCUT2D eigenvalue weighted by Gasteiger charge is -2.22. The zero-order chi connectivity index (χ0) is 21.5. The number of piperidine rings is 1. The number of hydrogen-bond donors (Lipinski definition) is 4. The lowest BCUT2D eigenvalue weighted by Crippen LogP contribution is -2.34. The molecule has 1 fully saturated rings.